The number of hydrogen-bond acceptors (Lipinski definition) is 10. The van der Waals surface area contributed by atoms with E-state index in [1.807, 2.05) is 12.2 Å². The highest BCUT2D eigenvalue weighted by atomic mass is 35.5. The number of aromatic hydroxyl groups is 1. The largest absolute Gasteiger partial charge is 0.502 e. The molecule has 14 heteroatoms. The van der Waals surface area contributed by atoms with Crippen molar-refractivity contribution in [3.63, 3.8) is 0 Å². The third-order valence-corrected chi connectivity index (χ3v) is 12.7. The molecule has 3 fully saturated rings. The second kappa shape index (κ2) is 15.2. The van der Waals surface area contributed by atoms with Gasteiger partial charge in [-0.15, -0.1) is 0 Å². The average molecular weight is 837 g/mol. The number of carbonyl (C=O) groups excluding carboxylic acids is 5. The van der Waals surface area contributed by atoms with E-state index in [9.17, 15) is 24.3 Å². The van der Waals surface area contributed by atoms with Crippen molar-refractivity contribution in [3.05, 3.63) is 123 Å². The van der Waals surface area contributed by atoms with Gasteiger partial charge in [0.1, 0.15) is 5.75 Å². The average Bonchev–Trinajstić information content (AvgIpc) is 3.62. The van der Waals surface area contributed by atoms with E-state index in [-0.39, 0.29) is 52.5 Å². The first-order valence-corrected chi connectivity index (χ1v) is 19.7. The van der Waals surface area contributed by atoms with Gasteiger partial charge in [-0.1, -0.05) is 59.1 Å². The van der Waals surface area contributed by atoms with Crippen molar-refractivity contribution in [2.75, 3.05) is 31.7 Å². The minimum absolute atomic E-state index is 0.0669. The van der Waals surface area contributed by atoms with E-state index < -0.39 is 52.7 Å². The lowest BCUT2D eigenvalue weighted by Gasteiger charge is -2.49. The van der Waals surface area contributed by atoms with Crippen molar-refractivity contribution in [1.82, 2.24) is 5.01 Å². The van der Waals surface area contributed by atoms with Crippen LogP contribution in [-0.2, 0) is 24.6 Å². The van der Waals surface area contributed by atoms with Crippen LogP contribution in [0.15, 0.2) is 96.6 Å². The number of hydrazine groups is 1. The molecule has 6 unspecified atom stereocenters. The molecule has 2 N–H and O–H groups in total. The van der Waals surface area contributed by atoms with Gasteiger partial charge < -0.3 is 19.3 Å². The van der Waals surface area contributed by atoms with E-state index in [1.165, 1.54) is 39.2 Å². The number of nitrogens with zero attached hydrogens (tertiary/aromatic N) is 2. The molecular weight excluding hydrogens is 797 g/mol. The maximum absolute atomic E-state index is 15.5. The van der Waals surface area contributed by atoms with E-state index in [0.717, 1.165) is 10.6 Å². The molecule has 12 nitrogen and oxygen atoms in total. The zero-order valence-electron chi connectivity index (χ0n) is 32.4. The second-order valence-electron chi connectivity index (χ2n) is 15.0. The minimum atomic E-state index is -1.57. The number of phenols is 1. The van der Waals surface area contributed by atoms with Crippen LogP contribution in [0.4, 0.5) is 11.4 Å². The molecule has 6 atom stereocenters. The number of ketones is 1. The van der Waals surface area contributed by atoms with E-state index in [2.05, 4.69) is 5.43 Å². The van der Waals surface area contributed by atoms with Gasteiger partial charge in [-0.3, -0.25) is 34.3 Å². The molecular formula is C45H39Cl2N3O9. The first-order chi connectivity index (χ1) is 28.3. The van der Waals surface area contributed by atoms with Gasteiger partial charge in [-0.25, -0.2) is 0 Å². The number of Topliss-reactive ketones (excluding diaryl/α,β-unsaturated/α-hetero) is 1. The maximum Gasteiger partial charge on any atom is 0.260 e. The fraction of sp³-hybridized carbons (Fsp3) is 0.267. The van der Waals surface area contributed by atoms with Crippen LogP contribution >= 0.6 is 23.2 Å². The zero-order valence-corrected chi connectivity index (χ0v) is 33.9. The van der Waals surface area contributed by atoms with Gasteiger partial charge in [0.05, 0.1) is 60.9 Å². The third-order valence-electron chi connectivity index (χ3n) is 12.2. The number of carbonyl (C=O) groups is 5. The van der Waals surface area contributed by atoms with E-state index >= 15 is 4.79 Å². The van der Waals surface area contributed by atoms with Gasteiger partial charge in [0, 0.05) is 16.5 Å². The highest BCUT2D eigenvalue weighted by Gasteiger charge is 2.69. The third kappa shape index (κ3) is 6.33. The molecule has 302 valence electrons. The Morgan fingerprint density at radius 1 is 0.847 bits per heavy atom. The summed E-state index contributed by atoms with van der Waals surface area (Å²) in [4.78, 5) is 72.5. The number of rotatable bonds is 10. The number of ether oxygens (including phenoxy) is 3. The molecule has 4 aromatic carbocycles. The van der Waals surface area contributed by atoms with Crippen molar-refractivity contribution in [3.8, 4) is 23.0 Å². The van der Waals surface area contributed by atoms with E-state index in [4.69, 9.17) is 37.4 Å². The molecule has 0 bridgehead atoms. The molecule has 0 spiro atoms. The van der Waals surface area contributed by atoms with Crippen LogP contribution in [0, 0.1) is 29.6 Å². The highest BCUT2D eigenvalue weighted by molar-refractivity contribution is 6.36. The van der Waals surface area contributed by atoms with Gasteiger partial charge >= 0.3 is 0 Å². The number of imide groups is 2. The SMILES string of the molecule is COc1ccc(C23C(=O)N(Nc4ccc(Cl)cc4Cl)C(=O)C2CC2C(=CCC4C(=O)N(c5ccc(C(C)=O)cc5)C(=O)C42)C3C=Cc2cc(OC)c(O)c(OC)c2)cc1. The number of halogens is 2. The lowest BCUT2D eigenvalue weighted by Crippen LogP contribution is -2.54. The molecule has 0 radical (unpaired) electrons. The Balaban J connectivity index is 1.30. The zero-order chi connectivity index (χ0) is 41.9. The number of phenolic OH excluding ortho intramolecular Hbond substituents is 1. The maximum atomic E-state index is 15.5. The summed E-state index contributed by atoms with van der Waals surface area (Å²) in [5.41, 5.74) is 4.30. The number of nitrogens with one attached hydrogen (secondary N) is 1. The summed E-state index contributed by atoms with van der Waals surface area (Å²) in [5, 5.41) is 12.2. The Bertz CT molecular complexity index is 2460. The monoisotopic (exact) mass is 835 g/mol. The van der Waals surface area contributed by atoms with Gasteiger partial charge in [0.25, 0.3) is 11.8 Å². The van der Waals surface area contributed by atoms with E-state index in [0.29, 0.717) is 33.1 Å². The Morgan fingerprint density at radius 3 is 2.14 bits per heavy atom. The molecule has 2 aliphatic carbocycles. The number of benzene rings is 4. The fourth-order valence-electron chi connectivity index (χ4n) is 9.41. The molecule has 4 aromatic rings. The number of methoxy groups -OCH3 is 3. The smallest absolute Gasteiger partial charge is 0.260 e. The number of allylic oxidation sites excluding steroid dienone is 3. The first kappa shape index (κ1) is 39.7. The van der Waals surface area contributed by atoms with Crippen molar-refractivity contribution in [2.45, 2.75) is 25.2 Å². The molecule has 2 saturated heterocycles. The van der Waals surface area contributed by atoms with Crippen molar-refractivity contribution in [1.29, 1.82) is 0 Å². The van der Waals surface area contributed by atoms with Crippen LogP contribution in [0.1, 0.15) is 41.3 Å². The summed E-state index contributed by atoms with van der Waals surface area (Å²) in [5.74, 6) is -5.45. The number of amides is 4. The van der Waals surface area contributed by atoms with Gasteiger partial charge in [0.15, 0.2) is 17.3 Å². The summed E-state index contributed by atoms with van der Waals surface area (Å²) in [7, 11) is 4.36. The molecule has 0 aromatic heterocycles. The Morgan fingerprint density at radius 2 is 1.53 bits per heavy atom. The van der Waals surface area contributed by atoms with Gasteiger partial charge in [-0.2, -0.15) is 5.01 Å². The van der Waals surface area contributed by atoms with Crippen LogP contribution in [0.25, 0.3) is 6.08 Å². The van der Waals surface area contributed by atoms with Crippen LogP contribution in [-0.4, -0.2) is 60.9 Å². The molecule has 4 aliphatic rings. The number of anilines is 2. The number of fused-ring (bicyclic) bond motifs is 4. The van der Waals surface area contributed by atoms with Gasteiger partial charge in [0.2, 0.25) is 17.6 Å². The van der Waals surface area contributed by atoms with Crippen molar-refractivity contribution >= 4 is 70.1 Å². The summed E-state index contributed by atoms with van der Waals surface area (Å²) >= 11 is 12.8. The van der Waals surface area contributed by atoms with Crippen molar-refractivity contribution in [2.24, 2.45) is 29.6 Å². The van der Waals surface area contributed by atoms with Crippen molar-refractivity contribution < 1.29 is 43.3 Å². The summed E-state index contributed by atoms with van der Waals surface area (Å²) in [6.07, 6.45) is 5.82. The predicted molar refractivity (Wildman–Crippen MR) is 221 cm³/mol. The molecule has 4 amide bonds. The Kier molecular flexibility index (Phi) is 10.3. The van der Waals surface area contributed by atoms with E-state index in [1.54, 1.807) is 78.9 Å². The number of hydrogen-bond donors (Lipinski definition) is 2. The van der Waals surface area contributed by atoms with Crippen LogP contribution in [0.3, 0.4) is 0 Å². The summed E-state index contributed by atoms with van der Waals surface area (Å²) in [6, 6.07) is 21.2. The second-order valence-corrected chi connectivity index (χ2v) is 15.8. The normalized spacial score (nSPS) is 24.8. The quantitative estimate of drug-likeness (QED) is 0.0926. The summed E-state index contributed by atoms with van der Waals surface area (Å²) < 4.78 is 16.3. The van der Waals surface area contributed by atoms with Gasteiger partial charge in [-0.05, 0) is 104 Å². The predicted octanol–water partition coefficient (Wildman–Crippen LogP) is 7.66. The fourth-order valence-corrected chi connectivity index (χ4v) is 9.86. The summed E-state index contributed by atoms with van der Waals surface area (Å²) in [6.45, 7) is 1.44. The lowest BCUT2D eigenvalue weighted by atomic mass is 9.50. The molecule has 2 heterocycles. The minimum Gasteiger partial charge on any atom is -0.502 e. The van der Waals surface area contributed by atoms with Crippen LogP contribution in [0.5, 0.6) is 23.0 Å². The topological polar surface area (TPSA) is 152 Å². The van der Waals surface area contributed by atoms with Crippen LogP contribution < -0.4 is 24.5 Å². The Hall–Kier alpha value is -6.11. The molecule has 2 aliphatic heterocycles. The molecule has 8 rings (SSSR count). The standard InChI is InChI=1S/C45H39Cl2N3O9/c1-23(51)25-6-11-28(12-7-25)49-41(53)31-16-15-30-32(39(31)43(49)55)22-34-42(54)50(48-36-18-10-27(46)21-35(36)47)44(56)45(34,26-8-13-29(57-2)14-9-26)33(30)17-5-24-19-37(58-3)40(52)38(20-24)59-4/h5-15,17-21,31-34,39,48,52H,16,22H2,1-4H3. The molecule has 59 heavy (non-hydrogen) atoms. The molecule has 1 saturated carbocycles. The lowest BCUT2D eigenvalue weighted by molar-refractivity contribution is -0.139. The van der Waals surface area contributed by atoms with Crippen LogP contribution in [0.2, 0.25) is 10.0 Å². The highest BCUT2D eigenvalue weighted by Crippen LogP contribution is 2.62. The Labute approximate surface area is 349 Å². The first-order valence-electron chi connectivity index (χ1n) is 18.9.